The smallest absolute Gasteiger partial charge is 0.223 e. The van der Waals surface area contributed by atoms with Crippen molar-refractivity contribution in [3.63, 3.8) is 0 Å². The molecule has 120 valence electrons. The Morgan fingerprint density at radius 3 is 2.82 bits per heavy atom. The van der Waals surface area contributed by atoms with Crippen LogP contribution in [0.5, 0.6) is 11.5 Å². The van der Waals surface area contributed by atoms with E-state index in [1.165, 1.54) is 0 Å². The van der Waals surface area contributed by atoms with Crippen LogP contribution in [-0.4, -0.2) is 44.2 Å². The monoisotopic (exact) mass is 304 g/mol. The minimum atomic E-state index is 0.276. The Morgan fingerprint density at radius 1 is 1.23 bits per heavy atom. The average Bonchev–Trinajstić information content (AvgIpc) is 2.57. The number of ether oxygens (including phenoxy) is 2. The van der Waals surface area contributed by atoms with Crippen LogP contribution in [-0.2, 0) is 11.3 Å². The Bertz CT molecular complexity index is 547. The number of piperidine rings is 2. The van der Waals surface area contributed by atoms with E-state index in [-0.39, 0.29) is 5.91 Å². The predicted molar refractivity (Wildman–Crippen MR) is 84.1 cm³/mol. The first-order valence-electron chi connectivity index (χ1n) is 7.94. The summed E-state index contributed by atoms with van der Waals surface area (Å²) in [7, 11) is 3.27. The molecule has 22 heavy (non-hydrogen) atoms. The topological polar surface area (TPSA) is 50.8 Å². The number of carbonyl (C=O) groups excluding carboxylic acids is 1. The first kappa shape index (κ1) is 15.2. The van der Waals surface area contributed by atoms with E-state index in [0.29, 0.717) is 30.7 Å². The molecule has 0 radical (unpaired) electrons. The third kappa shape index (κ3) is 2.90. The number of likely N-dealkylation sites (tertiary alicyclic amines) is 1. The van der Waals surface area contributed by atoms with E-state index in [0.717, 1.165) is 37.2 Å². The second-order valence-corrected chi connectivity index (χ2v) is 6.07. The first-order valence-corrected chi connectivity index (χ1v) is 7.94. The maximum Gasteiger partial charge on any atom is 0.223 e. The zero-order valence-corrected chi connectivity index (χ0v) is 13.3. The van der Waals surface area contributed by atoms with E-state index in [1.54, 1.807) is 14.2 Å². The minimum absolute atomic E-state index is 0.276. The standard InChI is InChI=1S/C17H24N2O3/c1-21-15-5-3-12(9-16(15)22-2)11-19-14-7-8-18-10-13(14)4-6-17(19)20/h3,5,9,13-14,18H,4,6-8,10-11H2,1-2H3/t13-,14+/m1/s1. The lowest BCUT2D eigenvalue weighted by molar-refractivity contribution is -0.140. The van der Waals surface area contributed by atoms with Gasteiger partial charge in [0.05, 0.1) is 14.2 Å². The van der Waals surface area contributed by atoms with Crippen LogP contribution in [0.1, 0.15) is 24.8 Å². The van der Waals surface area contributed by atoms with Crippen LogP contribution < -0.4 is 14.8 Å². The molecule has 0 spiro atoms. The maximum atomic E-state index is 12.4. The molecule has 5 heteroatoms. The summed E-state index contributed by atoms with van der Waals surface area (Å²) < 4.78 is 10.6. The number of fused-ring (bicyclic) bond motifs is 1. The molecule has 0 bridgehead atoms. The van der Waals surface area contributed by atoms with Gasteiger partial charge < -0.3 is 19.7 Å². The summed E-state index contributed by atoms with van der Waals surface area (Å²) in [5, 5.41) is 3.44. The van der Waals surface area contributed by atoms with E-state index < -0.39 is 0 Å². The Morgan fingerprint density at radius 2 is 2.05 bits per heavy atom. The fraction of sp³-hybridized carbons (Fsp3) is 0.588. The van der Waals surface area contributed by atoms with Crippen molar-refractivity contribution >= 4 is 5.91 Å². The van der Waals surface area contributed by atoms with Crippen LogP contribution in [0.2, 0.25) is 0 Å². The number of methoxy groups -OCH3 is 2. The van der Waals surface area contributed by atoms with Gasteiger partial charge in [-0.1, -0.05) is 6.07 Å². The van der Waals surface area contributed by atoms with Crippen molar-refractivity contribution in [1.82, 2.24) is 10.2 Å². The van der Waals surface area contributed by atoms with Gasteiger partial charge in [-0.15, -0.1) is 0 Å². The molecule has 1 amide bonds. The highest BCUT2D eigenvalue weighted by Crippen LogP contribution is 2.32. The summed E-state index contributed by atoms with van der Waals surface area (Å²) >= 11 is 0. The quantitative estimate of drug-likeness (QED) is 0.921. The molecule has 2 aliphatic heterocycles. The zero-order valence-electron chi connectivity index (χ0n) is 13.3. The van der Waals surface area contributed by atoms with Gasteiger partial charge in [0.25, 0.3) is 0 Å². The normalized spacial score (nSPS) is 24.8. The van der Waals surface area contributed by atoms with E-state index in [2.05, 4.69) is 10.2 Å². The lowest BCUT2D eigenvalue weighted by Gasteiger charge is -2.44. The van der Waals surface area contributed by atoms with Crippen LogP contribution in [0.3, 0.4) is 0 Å². The number of hydrogen-bond acceptors (Lipinski definition) is 4. The highest BCUT2D eigenvalue weighted by molar-refractivity contribution is 5.77. The summed E-state index contributed by atoms with van der Waals surface area (Å²) in [4.78, 5) is 14.4. The molecule has 1 N–H and O–H groups in total. The van der Waals surface area contributed by atoms with Crippen molar-refractivity contribution in [2.45, 2.75) is 31.8 Å². The molecule has 1 aromatic rings. The van der Waals surface area contributed by atoms with E-state index >= 15 is 0 Å². The molecule has 2 fully saturated rings. The average molecular weight is 304 g/mol. The first-order chi connectivity index (χ1) is 10.7. The zero-order chi connectivity index (χ0) is 15.5. The van der Waals surface area contributed by atoms with Gasteiger partial charge >= 0.3 is 0 Å². The number of carbonyl (C=O) groups is 1. The summed E-state index contributed by atoms with van der Waals surface area (Å²) in [5.41, 5.74) is 1.09. The van der Waals surface area contributed by atoms with Gasteiger partial charge in [-0.2, -0.15) is 0 Å². The number of hydrogen-bond donors (Lipinski definition) is 1. The molecule has 2 saturated heterocycles. The van der Waals surface area contributed by atoms with E-state index in [4.69, 9.17) is 9.47 Å². The largest absolute Gasteiger partial charge is 0.493 e. The van der Waals surface area contributed by atoms with Crippen LogP contribution in [0.25, 0.3) is 0 Å². The Kier molecular flexibility index (Phi) is 4.52. The number of benzene rings is 1. The fourth-order valence-corrected chi connectivity index (χ4v) is 3.63. The Hall–Kier alpha value is -1.75. The summed E-state index contributed by atoms with van der Waals surface area (Å²) in [6, 6.07) is 6.26. The number of nitrogens with one attached hydrogen (secondary N) is 1. The molecular formula is C17H24N2O3. The van der Waals surface area contributed by atoms with Gasteiger partial charge in [0.1, 0.15) is 0 Å². The van der Waals surface area contributed by atoms with Crippen molar-refractivity contribution in [3.8, 4) is 11.5 Å². The number of rotatable bonds is 4. The van der Waals surface area contributed by atoms with Crippen molar-refractivity contribution < 1.29 is 14.3 Å². The van der Waals surface area contributed by atoms with Crippen molar-refractivity contribution in [3.05, 3.63) is 23.8 Å². The Labute approximate surface area is 131 Å². The number of amides is 1. The van der Waals surface area contributed by atoms with Crippen molar-refractivity contribution in [2.75, 3.05) is 27.3 Å². The van der Waals surface area contributed by atoms with Crippen molar-refractivity contribution in [1.29, 1.82) is 0 Å². The van der Waals surface area contributed by atoms with E-state index in [1.807, 2.05) is 18.2 Å². The summed E-state index contributed by atoms with van der Waals surface area (Å²) in [6.45, 7) is 2.68. The lowest BCUT2D eigenvalue weighted by atomic mass is 9.84. The molecule has 3 rings (SSSR count). The molecule has 0 aliphatic carbocycles. The van der Waals surface area contributed by atoms with Crippen LogP contribution in [0, 0.1) is 5.92 Å². The van der Waals surface area contributed by atoms with Gasteiger partial charge in [-0.3, -0.25) is 4.79 Å². The third-order valence-corrected chi connectivity index (χ3v) is 4.82. The van der Waals surface area contributed by atoms with E-state index in [9.17, 15) is 4.79 Å². The van der Waals surface area contributed by atoms with Crippen molar-refractivity contribution in [2.24, 2.45) is 5.92 Å². The van der Waals surface area contributed by atoms with Gasteiger partial charge in [-0.25, -0.2) is 0 Å². The maximum absolute atomic E-state index is 12.4. The molecule has 5 nitrogen and oxygen atoms in total. The number of nitrogens with zero attached hydrogens (tertiary/aromatic N) is 1. The predicted octanol–water partition coefficient (Wildman–Crippen LogP) is 1.80. The second-order valence-electron chi connectivity index (χ2n) is 6.07. The highest BCUT2D eigenvalue weighted by Gasteiger charge is 2.36. The summed E-state index contributed by atoms with van der Waals surface area (Å²) in [6.07, 6.45) is 2.72. The molecular weight excluding hydrogens is 280 g/mol. The molecule has 2 aliphatic rings. The Balaban J connectivity index is 1.79. The SMILES string of the molecule is COc1ccc(CN2C(=O)CC[C@@H]3CNCC[C@@H]32)cc1OC. The molecule has 1 aromatic carbocycles. The molecule has 0 unspecified atom stereocenters. The lowest BCUT2D eigenvalue weighted by Crippen LogP contribution is -2.54. The summed E-state index contributed by atoms with van der Waals surface area (Å²) in [5.74, 6) is 2.30. The molecule has 2 heterocycles. The molecule has 0 aromatic heterocycles. The van der Waals surface area contributed by atoms with Gasteiger partial charge in [-0.05, 0) is 49.5 Å². The van der Waals surface area contributed by atoms with Crippen LogP contribution in [0.15, 0.2) is 18.2 Å². The third-order valence-electron chi connectivity index (χ3n) is 4.82. The second kappa shape index (κ2) is 6.57. The molecule has 0 saturated carbocycles. The molecule has 2 atom stereocenters. The highest BCUT2D eigenvalue weighted by atomic mass is 16.5. The van der Waals surface area contributed by atoms with Crippen LogP contribution >= 0.6 is 0 Å². The van der Waals surface area contributed by atoms with Gasteiger partial charge in [0.2, 0.25) is 5.91 Å². The van der Waals surface area contributed by atoms with Gasteiger partial charge in [0, 0.05) is 19.0 Å². The van der Waals surface area contributed by atoms with Crippen LogP contribution in [0.4, 0.5) is 0 Å². The van der Waals surface area contributed by atoms with Gasteiger partial charge in [0.15, 0.2) is 11.5 Å². The fourth-order valence-electron chi connectivity index (χ4n) is 3.63. The minimum Gasteiger partial charge on any atom is -0.493 e.